The molecule has 13 rings (SSSR count). The Labute approximate surface area is 579 Å². The van der Waals surface area contributed by atoms with Crippen LogP contribution < -0.4 is 30.0 Å². The van der Waals surface area contributed by atoms with E-state index in [0.717, 1.165) is 71.2 Å². The number of nitrogens with two attached hydrogens (primary N) is 1. The molecule has 27 heteroatoms. The Bertz CT molecular complexity index is 4410. The fourth-order valence-corrected chi connectivity index (χ4v) is 18.0. The number of allylic oxidation sites excluding steroid dienone is 1. The number of nitrogens with zero attached hydrogens (tertiary/aromatic N) is 5. The van der Waals surface area contributed by atoms with E-state index in [2.05, 4.69) is 56.3 Å². The first-order valence-corrected chi connectivity index (χ1v) is 38.5. The Morgan fingerprint density at radius 3 is 1.71 bits per heavy atom. The average Bonchev–Trinajstić information content (AvgIpc) is 1.58. The lowest BCUT2D eigenvalue weighted by molar-refractivity contribution is -0.143. The Hall–Kier alpha value is -7.56. The van der Waals surface area contributed by atoms with E-state index in [0.29, 0.717) is 100 Å². The van der Waals surface area contributed by atoms with Gasteiger partial charge in [-0.15, -0.1) is 35.8 Å². The third-order valence-corrected chi connectivity index (χ3v) is 25.7. The summed E-state index contributed by atoms with van der Waals surface area (Å²) >= 11 is 3.09. The van der Waals surface area contributed by atoms with Gasteiger partial charge in [0, 0.05) is 77.7 Å². The summed E-state index contributed by atoms with van der Waals surface area (Å²) in [7, 11) is -7.25. The number of nitrogens with one attached hydrogen (secondary N) is 3. The van der Waals surface area contributed by atoms with Crippen molar-refractivity contribution >= 4 is 100.0 Å². The van der Waals surface area contributed by atoms with E-state index in [1.807, 2.05) is 74.2 Å². The van der Waals surface area contributed by atoms with Crippen molar-refractivity contribution in [3.63, 3.8) is 0 Å². The summed E-state index contributed by atoms with van der Waals surface area (Å²) in [6.07, 6.45) is 8.61. The number of aromatic nitrogens is 4. The standard InChI is InChI=1S/C36H42N4O6S2.C26H31N3O5S.C9H14N2O3S/c1-6-22-16-36(22,35(43)39-48(44,45)23-11-12-23)17-29(41)28-15-31(27-8-7-9-32(42)40(27)28)46-30-14-25(34-38-26(18-47-34)19(2)3)37-33-21(5)20(4)10-13-24(30)33;1-13(2)20-12-35-25(29-20)18-10-21(16-9-8-14(3)15(4)24(16)28-18)34-22-11-19(26(32)33)27-17(22)6-5-7-23(30)31;1-2-6-5-9(6,10)8(12)11-15(13,14)7-3-4-7/h6,10,13-14,18-19,22-23,27-28,31H,1,7-9,11-12,15-17H2,2-5H3,(H,39,43);8-10,12-13,17,19,22,27H,5-7,11H2,1-4H3,(H,30,31)(H,32,33);2,6-7H,1,3-5,10H2,(H,11,12)/t22-,27-,28+,31-,36-;17-,19+,22-;6-,9-/m111/s1. The molecule has 4 aliphatic carbocycles. The Kier molecular flexibility index (Phi) is 20.7. The van der Waals surface area contributed by atoms with Gasteiger partial charge in [0.1, 0.15) is 56.7 Å². The van der Waals surface area contributed by atoms with Gasteiger partial charge >= 0.3 is 11.9 Å². The van der Waals surface area contributed by atoms with Gasteiger partial charge in [-0.2, -0.15) is 0 Å². The number of benzene rings is 2. The molecule has 0 radical (unpaired) electrons. The summed E-state index contributed by atoms with van der Waals surface area (Å²) < 4.78 is 65.8. The van der Waals surface area contributed by atoms with E-state index in [9.17, 15) is 50.7 Å². The van der Waals surface area contributed by atoms with Crippen molar-refractivity contribution in [2.45, 2.75) is 216 Å². The number of pyridine rings is 2. The Morgan fingerprint density at radius 2 is 1.26 bits per heavy atom. The number of carboxylic acids is 2. The van der Waals surface area contributed by atoms with Crippen LogP contribution >= 0.6 is 22.7 Å². The Balaban J connectivity index is 0.000000169. The minimum atomic E-state index is -3.78. The summed E-state index contributed by atoms with van der Waals surface area (Å²) in [6.45, 7) is 23.9. The number of piperidine rings is 1. The summed E-state index contributed by atoms with van der Waals surface area (Å²) in [4.78, 5) is 96.5. The molecule has 7 N–H and O–H groups in total. The molecule has 98 heavy (non-hydrogen) atoms. The fourth-order valence-electron chi connectivity index (χ4n) is 13.4. The highest BCUT2D eigenvalue weighted by atomic mass is 32.2. The average molecular weight is 1420 g/mol. The van der Waals surface area contributed by atoms with E-state index in [-0.39, 0.29) is 60.8 Å². The van der Waals surface area contributed by atoms with Crippen LogP contribution in [-0.2, 0) is 48.8 Å². The van der Waals surface area contributed by atoms with Crippen LogP contribution in [0.4, 0.5) is 0 Å². The van der Waals surface area contributed by atoms with E-state index >= 15 is 0 Å². The number of ketones is 1. The van der Waals surface area contributed by atoms with Crippen molar-refractivity contribution in [2.75, 3.05) is 0 Å². The topological polar surface area (TPSA) is 347 Å². The van der Waals surface area contributed by atoms with Gasteiger partial charge in [0.15, 0.2) is 5.78 Å². The number of fused-ring (bicyclic) bond motifs is 3. The number of thiazole rings is 2. The fraction of sp³-hybridized carbons (Fsp3) is 0.521. The molecule has 2 aromatic carbocycles. The van der Waals surface area contributed by atoms with Crippen molar-refractivity contribution in [3.05, 3.63) is 106 Å². The first-order chi connectivity index (χ1) is 46.4. The van der Waals surface area contributed by atoms with Crippen molar-refractivity contribution in [1.82, 2.24) is 39.6 Å². The monoisotopic (exact) mass is 1420 g/mol. The zero-order valence-electron chi connectivity index (χ0n) is 56.5. The number of hydrogen-bond donors (Lipinski definition) is 6. The molecule has 3 saturated heterocycles. The molecule has 4 aromatic heterocycles. The predicted octanol–water partition coefficient (Wildman–Crippen LogP) is 10.2. The normalized spacial score (nSPS) is 25.6. The van der Waals surface area contributed by atoms with Crippen LogP contribution in [-0.4, -0.2) is 140 Å². The number of hydrogen-bond acceptors (Lipinski definition) is 20. The van der Waals surface area contributed by atoms with Crippen LogP contribution in [0.3, 0.4) is 0 Å². The molecule has 6 aromatic rings. The Morgan fingerprint density at radius 1 is 0.735 bits per heavy atom. The van der Waals surface area contributed by atoms with Crippen LogP contribution in [0.15, 0.2) is 72.5 Å². The highest BCUT2D eigenvalue weighted by Gasteiger charge is 2.62. The molecule has 7 fully saturated rings. The molecule has 7 aliphatic rings. The maximum Gasteiger partial charge on any atom is 0.320 e. The van der Waals surface area contributed by atoms with E-state index in [1.165, 1.54) is 0 Å². The van der Waals surface area contributed by atoms with Crippen molar-refractivity contribution in [2.24, 2.45) is 23.0 Å². The van der Waals surface area contributed by atoms with Crippen LogP contribution in [0.25, 0.3) is 43.2 Å². The quantitative estimate of drug-likeness (QED) is 0.0307. The van der Waals surface area contributed by atoms with Gasteiger partial charge in [-0.1, -0.05) is 52.0 Å². The third kappa shape index (κ3) is 15.1. The van der Waals surface area contributed by atoms with Gasteiger partial charge in [0.2, 0.25) is 31.9 Å². The second kappa shape index (κ2) is 28.2. The molecule has 3 amide bonds. The number of sulfonamides is 2. The minimum absolute atomic E-state index is 0.0334. The molecule has 0 bridgehead atoms. The van der Waals surface area contributed by atoms with E-state index in [4.69, 9.17) is 40.2 Å². The zero-order chi connectivity index (χ0) is 70.7. The van der Waals surface area contributed by atoms with Gasteiger partial charge in [-0.25, -0.2) is 36.8 Å². The van der Waals surface area contributed by atoms with Gasteiger partial charge in [-0.3, -0.25) is 43.5 Å². The smallest absolute Gasteiger partial charge is 0.320 e. The van der Waals surface area contributed by atoms with Crippen molar-refractivity contribution in [3.8, 4) is 32.9 Å². The molecule has 0 spiro atoms. The molecule has 4 saturated carbocycles. The molecule has 524 valence electrons. The number of ether oxygens (including phenoxy) is 2. The van der Waals surface area contributed by atoms with E-state index in [1.54, 1.807) is 39.7 Å². The predicted molar refractivity (Wildman–Crippen MR) is 375 cm³/mol. The summed E-state index contributed by atoms with van der Waals surface area (Å²) in [5.74, 6) is -1.96. The first kappa shape index (κ1) is 71.7. The maximum absolute atomic E-state index is 14.1. The lowest BCUT2D eigenvalue weighted by Gasteiger charge is -2.35. The highest BCUT2D eigenvalue weighted by Crippen LogP contribution is 2.57. The van der Waals surface area contributed by atoms with Crippen LogP contribution in [0, 0.1) is 44.9 Å². The van der Waals surface area contributed by atoms with E-state index < -0.39 is 89.5 Å². The van der Waals surface area contributed by atoms with Gasteiger partial charge < -0.3 is 30.3 Å². The number of aliphatic carboxylic acids is 2. The SMILES string of the molecule is C=C[C@@H]1C[C@]1(CC(=O)[C@@H]1C[C@@H](Oc2cc(-c3nc(C(C)C)cs3)nc3c(C)c(C)ccc23)[C@H]2CCCC(=O)N21)C(=O)NS(=O)(=O)C1CC1.C=C[C@@H]1C[C@]1(N)C(=O)NS(=O)(=O)C1CC1.Cc1ccc2c(O[C@@H]3C[C@@H](C(=O)O)N[C@@H]3CCCC(=O)O)cc(-c3nc(C(C)C)cs3)nc2c1C. The lowest BCUT2D eigenvalue weighted by atomic mass is 9.91. The number of Topliss-reactive ketones (excluding diaryl/α,β-unsaturated/α-hetero) is 1. The second-order valence-corrected chi connectivity index (χ2v) is 33.7. The third-order valence-electron chi connectivity index (χ3n) is 20.3. The lowest BCUT2D eigenvalue weighted by Crippen LogP contribution is -2.50. The van der Waals surface area contributed by atoms with Gasteiger partial charge in [0.05, 0.1) is 50.4 Å². The number of carboxylic acid groups (broad SMARTS) is 2. The summed E-state index contributed by atoms with van der Waals surface area (Å²) in [5, 5.41) is 28.2. The highest BCUT2D eigenvalue weighted by molar-refractivity contribution is 7.91. The molecule has 10 atom stereocenters. The number of carbonyl (C=O) groups excluding carboxylic acids is 4. The molecule has 23 nitrogen and oxygen atoms in total. The number of amides is 3. The maximum atomic E-state index is 14.1. The van der Waals surface area contributed by atoms with Crippen LogP contribution in [0.5, 0.6) is 11.5 Å². The number of carbonyl (C=O) groups is 6. The van der Waals surface area contributed by atoms with Gasteiger partial charge in [-0.05, 0) is 144 Å². The zero-order valence-corrected chi connectivity index (χ0v) is 59.7. The number of aryl methyl sites for hydroxylation is 4. The summed E-state index contributed by atoms with van der Waals surface area (Å²) in [6, 6.07) is 9.81. The number of rotatable bonds is 24. The second-order valence-electron chi connectivity index (χ2n) is 28.1. The van der Waals surface area contributed by atoms with Crippen molar-refractivity contribution < 1.29 is 65.3 Å². The minimum Gasteiger partial charge on any atom is -0.488 e. The molecule has 7 heterocycles. The van der Waals surface area contributed by atoms with Crippen LogP contribution in [0.2, 0.25) is 0 Å². The first-order valence-electron chi connectivity index (χ1n) is 33.6. The molecule has 0 unspecified atom stereocenters. The largest absolute Gasteiger partial charge is 0.488 e. The molecular weight excluding hydrogens is 1330 g/mol. The van der Waals surface area contributed by atoms with Crippen LogP contribution in [0.1, 0.15) is 169 Å². The van der Waals surface area contributed by atoms with Gasteiger partial charge in [0.25, 0.3) is 5.91 Å². The molecular formula is C71H87N9O14S4. The van der Waals surface area contributed by atoms with Crippen molar-refractivity contribution in [1.29, 1.82) is 0 Å². The summed E-state index contributed by atoms with van der Waals surface area (Å²) in [5.41, 5.74) is 12.9. The molecule has 3 aliphatic heterocycles.